The molecule has 1 unspecified atom stereocenters. The van der Waals surface area contributed by atoms with Gasteiger partial charge in [-0.05, 0) is 52.2 Å². The number of carbonyl (C=O) groups is 1. The van der Waals surface area contributed by atoms with Crippen molar-refractivity contribution in [1.82, 2.24) is 14.9 Å². The van der Waals surface area contributed by atoms with Crippen molar-refractivity contribution in [2.75, 3.05) is 20.3 Å². The van der Waals surface area contributed by atoms with E-state index in [9.17, 15) is 4.79 Å². The molecule has 2 heterocycles. The minimum Gasteiger partial charge on any atom is -0.477 e. The predicted octanol–water partition coefficient (Wildman–Crippen LogP) is 4.20. The first-order valence-corrected chi connectivity index (χ1v) is 9.80. The molecule has 3 rings (SSSR count). The number of methoxy groups -OCH3 is 1. The minimum absolute atomic E-state index is 0.100. The first-order valence-electron chi connectivity index (χ1n) is 9.80. The van der Waals surface area contributed by atoms with Crippen molar-refractivity contribution in [1.29, 1.82) is 0 Å². The van der Waals surface area contributed by atoms with Crippen LogP contribution in [0.2, 0.25) is 0 Å². The van der Waals surface area contributed by atoms with Crippen LogP contribution in [0.3, 0.4) is 0 Å². The van der Waals surface area contributed by atoms with E-state index in [4.69, 9.17) is 14.2 Å². The van der Waals surface area contributed by atoms with Crippen molar-refractivity contribution >= 4 is 17.1 Å². The molecule has 1 fully saturated rings. The SMILES string of the molecule is COc1nc2ccccc2nc1OCCC1CCCCN1C(=O)OC(C)(C)C. The van der Waals surface area contributed by atoms with Gasteiger partial charge in [-0.2, -0.15) is 0 Å². The minimum atomic E-state index is -0.496. The fourth-order valence-electron chi connectivity index (χ4n) is 3.35. The lowest BCUT2D eigenvalue weighted by atomic mass is 10.0. The maximum atomic E-state index is 12.5. The molecule has 7 heteroatoms. The average molecular weight is 387 g/mol. The number of ether oxygens (including phenoxy) is 3. The summed E-state index contributed by atoms with van der Waals surface area (Å²) in [6.45, 7) is 6.80. The van der Waals surface area contributed by atoms with Crippen LogP contribution in [-0.4, -0.2) is 52.9 Å². The lowest BCUT2D eigenvalue weighted by Crippen LogP contribution is -2.46. The smallest absolute Gasteiger partial charge is 0.410 e. The van der Waals surface area contributed by atoms with Gasteiger partial charge in [0.15, 0.2) is 0 Å². The van der Waals surface area contributed by atoms with Gasteiger partial charge in [0.1, 0.15) is 5.60 Å². The molecule has 0 spiro atoms. The standard InChI is InChI=1S/C21H29N3O4/c1-21(2,3)28-20(25)24-13-8-7-9-15(24)12-14-27-19-18(26-4)22-16-10-5-6-11-17(16)23-19/h5-6,10-11,15H,7-9,12-14H2,1-4H3. The Morgan fingerprint density at radius 1 is 1.14 bits per heavy atom. The zero-order valence-corrected chi connectivity index (χ0v) is 17.1. The Kier molecular flexibility index (Phi) is 6.21. The van der Waals surface area contributed by atoms with Gasteiger partial charge in [0.25, 0.3) is 11.8 Å². The molecule has 1 atom stereocenters. The Balaban J connectivity index is 1.64. The van der Waals surface area contributed by atoms with Gasteiger partial charge in [-0.15, -0.1) is 0 Å². The highest BCUT2D eigenvalue weighted by Crippen LogP contribution is 2.27. The Bertz CT molecular complexity index is 819. The van der Waals surface area contributed by atoms with Crippen LogP contribution >= 0.6 is 0 Å². The third kappa shape index (κ3) is 5.03. The Morgan fingerprint density at radius 3 is 2.46 bits per heavy atom. The summed E-state index contributed by atoms with van der Waals surface area (Å²) in [5.41, 5.74) is 1.02. The number of hydrogen-bond acceptors (Lipinski definition) is 6. The first kappa shape index (κ1) is 20.2. The number of hydrogen-bond donors (Lipinski definition) is 0. The summed E-state index contributed by atoms with van der Waals surface area (Å²) in [6.07, 6.45) is 3.50. The predicted molar refractivity (Wildman–Crippen MR) is 107 cm³/mol. The summed E-state index contributed by atoms with van der Waals surface area (Å²) in [6, 6.07) is 7.69. The average Bonchev–Trinajstić information content (AvgIpc) is 2.66. The highest BCUT2D eigenvalue weighted by molar-refractivity contribution is 5.75. The van der Waals surface area contributed by atoms with Gasteiger partial charge in [0, 0.05) is 19.0 Å². The van der Waals surface area contributed by atoms with Gasteiger partial charge >= 0.3 is 6.09 Å². The van der Waals surface area contributed by atoms with Crippen LogP contribution in [0.15, 0.2) is 24.3 Å². The maximum absolute atomic E-state index is 12.5. The molecule has 1 aliphatic rings. The molecule has 0 saturated carbocycles. The number of benzene rings is 1. The summed E-state index contributed by atoms with van der Waals surface area (Å²) < 4.78 is 16.8. The van der Waals surface area contributed by atoms with Crippen molar-refractivity contribution in [3.05, 3.63) is 24.3 Å². The number of aromatic nitrogens is 2. The molecule has 28 heavy (non-hydrogen) atoms. The van der Waals surface area contributed by atoms with Crippen molar-refractivity contribution in [3.8, 4) is 11.8 Å². The number of rotatable bonds is 5. The fourth-order valence-corrected chi connectivity index (χ4v) is 3.35. The Labute approximate surface area is 166 Å². The Morgan fingerprint density at radius 2 is 1.82 bits per heavy atom. The van der Waals surface area contributed by atoms with Crippen molar-refractivity contribution in [2.24, 2.45) is 0 Å². The molecule has 1 aliphatic heterocycles. The third-order valence-corrected chi connectivity index (χ3v) is 4.65. The molecule has 0 bridgehead atoms. The molecule has 2 aromatic rings. The van der Waals surface area contributed by atoms with E-state index in [0.717, 1.165) is 36.8 Å². The second kappa shape index (κ2) is 8.63. The van der Waals surface area contributed by atoms with E-state index in [1.54, 1.807) is 7.11 Å². The topological polar surface area (TPSA) is 73.8 Å². The highest BCUT2D eigenvalue weighted by atomic mass is 16.6. The van der Waals surface area contributed by atoms with E-state index >= 15 is 0 Å². The Hall–Kier alpha value is -2.57. The van der Waals surface area contributed by atoms with Crippen LogP contribution in [0.1, 0.15) is 46.5 Å². The normalized spacial score (nSPS) is 17.4. The molecule has 1 saturated heterocycles. The summed E-state index contributed by atoms with van der Waals surface area (Å²) in [4.78, 5) is 23.3. The second-order valence-electron chi connectivity index (χ2n) is 7.99. The first-order chi connectivity index (χ1) is 13.4. The molecule has 7 nitrogen and oxygen atoms in total. The molecular formula is C21H29N3O4. The van der Waals surface area contributed by atoms with Crippen LogP contribution in [0, 0.1) is 0 Å². The molecule has 0 N–H and O–H groups in total. The van der Waals surface area contributed by atoms with Gasteiger partial charge in [-0.3, -0.25) is 0 Å². The number of nitrogens with zero attached hydrogens (tertiary/aromatic N) is 3. The number of piperidine rings is 1. The van der Waals surface area contributed by atoms with Crippen LogP contribution < -0.4 is 9.47 Å². The number of amides is 1. The number of fused-ring (bicyclic) bond motifs is 1. The summed E-state index contributed by atoms with van der Waals surface area (Å²) in [5, 5.41) is 0. The van der Waals surface area contributed by atoms with Crippen LogP contribution in [0.5, 0.6) is 11.8 Å². The molecule has 0 aliphatic carbocycles. The van der Waals surface area contributed by atoms with Gasteiger partial charge in [0.2, 0.25) is 0 Å². The molecule has 1 aromatic heterocycles. The second-order valence-corrected chi connectivity index (χ2v) is 7.99. The van der Waals surface area contributed by atoms with Crippen LogP contribution in [-0.2, 0) is 4.74 Å². The van der Waals surface area contributed by atoms with Gasteiger partial charge in [-0.1, -0.05) is 12.1 Å². The zero-order valence-electron chi connectivity index (χ0n) is 17.1. The van der Waals surface area contributed by atoms with E-state index < -0.39 is 5.60 Å². The van der Waals surface area contributed by atoms with Crippen LogP contribution in [0.4, 0.5) is 4.79 Å². The van der Waals surface area contributed by atoms with E-state index in [1.165, 1.54) is 0 Å². The lowest BCUT2D eigenvalue weighted by Gasteiger charge is -2.36. The largest absolute Gasteiger partial charge is 0.477 e. The lowest BCUT2D eigenvalue weighted by molar-refractivity contribution is 0.00733. The van der Waals surface area contributed by atoms with E-state index in [1.807, 2.05) is 49.9 Å². The van der Waals surface area contributed by atoms with Crippen LogP contribution in [0.25, 0.3) is 11.0 Å². The molecule has 1 amide bonds. The maximum Gasteiger partial charge on any atom is 0.410 e. The number of carbonyl (C=O) groups excluding carboxylic acids is 1. The quantitative estimate of drug-likeness (QED) is 0.766. The van der Waals surface area contributed by atoms with E-state index in [0.29, 0.717) is 24.8 Å². The number of likely N-dealkylation sites (tertiary alicyclic amines) is 1. The zero-order chi connectivity index (χ0) is 20.1. The molecule has 152 valence electrons. The van der Waals surface area contributed by atoms with Gasteiger partial charge in [0.05, 0.1) is 24.8 Å². The van der Waals surface area contributed by atoms with E-state index in [-0.39, 0.29) is 12.1 Å². The molecule has 0 radical (unpaired) electrons. The fraction of sp³-hybridized carbons (Fsp3) is 0.571. The van der Waals surface area contributed by atoms with Gasteiger partial charge < -0.3 is 19.1 Å². The van der Waals surface area contributed by atoms with Crippen molar-refractivity contribution < 1.29 is 19.0 Å². The molecular weight excluding hydrogens is 358 g/mol. The van der Waals surface area contributed by atoms with Crippen molar-refractivity contribution in [2.45, 2.75) is 58.1 Å². The monoisotopic (exact) mass is 387 g/mol. The summed E-state index contributed by atoms with van der Waals surface area (Å²) in [5.74, 6) is 0.743. The van der Waals surface area contributed by atoms with Gasteiger partial charge in [-0.25, -0.2) is 14.8 Å². The number of para-hydroxylation sites is 2. The molecule has 1 aromatic carbocycles. The van der Waals surface area contributed by atoms with E-state index in [2.05, 4.69) is 9.97 Å². The third-order valence-electron chi connectivity index (χ3n) is 4.65. The van der Waals surface area contributed by atoms with Crippen molar-refractivity contribution in [3.63, 3.8) is 0 Å². The highest BCUT2D eigenvalue weighted by Gasteiger charge is 2.30. The summed E-state index contributed by atoms with van der Waals surface area (Å²) >= 11 is 0. The summed E-state index contributed by atoms with van der Waals surface area (Å²) in [7, 11) is 1.55.